The molecule has 0 atom stereocenters. The fourth-order valence-corrected chi connectivity index (χ4v) is 3.05. The number of hydrazine groups is 1. The molecule has 9 nitrogen and oxygen atoms in total. The Morgan fingerprint density at radius 3 is 2.40 bits per heavy atom. The summed E-state index contributed by atoms with van der Waals surface area (Å²) in [7, 11) is -1.11. The molecule has 25 heavy (non-hydrogen) atoms. The van der Waals surface area contributed by atoms with E-state index in [1.807, 2.05) is 10.9 Å². The van der Waals surface area contributed by atoms with Crippen LogP contribution in [0.2, 0.25) is 0 Å². The number of nitrogens with zero attached hydrogens (tertiary/aromatic N) is 2. The van der Waals surface area contributed by atoms with E-state index in [-0.39, 0.29) is 17.2 Å². The molecular formula is C15H20N4O5S. The lowest BCUT2D eigenvalue weighted by Gasteiger charge is -2.12. The number of carbonyl (C=O) groups is 1. The van der Waals surface area contributed by atoms with Crippen molar-refractivity contribution >= 4 is 15.9 Å². The molecule has 0 saturated heterocycles. The highest BCUT2D eigenvalue weighted by Crippen LogP contribution is 2.29. The van der Waals surface area contributed by atoms with Gasteiger partial charge < -0.3 is 9.47 Å². The summed E-state index contributed by atoms with van der Waals surface area (Å²) in [6.45, 7) is 3.51. The van der Waals surface area contributed by atoms with Gasteiger partial charge in [0.1, 0.15) is 6.54 Å². The molecular weight excluding hydrogens is 348 g/mol. The van der Waals surface area contributed by atoms with E-state index in [4.69, 9.17) is 9.47 Å². The van der Waals surface area contributed by atoms with Crippen molar-refractivity contribution in [3.8, 4) is 11.5 Å². The molecule has 0 spiro atoms. The quantitative estimate of drug-likeness (QED) is 0.690. The van der Waals surface area contributed by atoms with Gasteiger partial charge >= 0.3 is 0 Å². The second-order valence-electron chi connectivity index (χ2n) is 5.26. The van der Waals surface area contributed by atoms with Gasteiger partial charge in [0.2, 0.25) is 0 Å². The number of hydrogen-bond donors (Lipinski definition) is 2. The van der Waals surface area contributed by atoms with Gasteiger partial charge in [0.25, 0.3) is 15.9 Å². The zero-order valence-corrected chi connectivity index (χ0v) is 15.2. The number of methoxy groups -OCH3 is 2. The van der Waals surface area contributed by atoms with Crippen molar-refractivity contribution in [2.24, 2.45) is 0 Å². The highest BCUT2D eigenvalue weighted by atomic mass is 32.2. The predicted octanol–water partition coefficient (Wildman–Crippen LogP) is 0.527. The Labute approximate surface area is 146 Å². The Hall–Kier alpha value is -2.59. The van der Waals surface area contributed by atoms with Crippen LogP contribution in [0, 0.1) is 13.8 Å². The summed E-state index contributed by atoms with van der Waals surface area (Å²) in [5, 5.41) is 4.14. The summed E-state index contributed by atoms with van der Waals surface area (Å²) >= 11 is 0. The first-order valence-electron chi connectivity index (χ1n) is 7.30. The van der Waals surface area contributed by atoms with Crippen LogP contribution >= 0.6 is 0 Å². The van der Waals surface area contributed by atoms with Crippen LogP contribution in [0.4, 0.5) is 0 Å². The minimum atomic E-state index is -3.96. The first kappa shape index (κ1) is 18.7. The van der Waals surface area contributed by atoms with Crippen molar-refractivity contribution in [3.63, 3.8) is 0 Å². The summed E-state index contributed by atoms with van der Waals surface area (Å²) in [6.07, 6.45) is 0. The fourth-order valence-electron chi connectivity index (χ4n) is 2.18. The molecule has 0 aliphatic rings. The highest BCUT2D eigenvalue weighted by Gasteiger charge is 2.18. The van der Waals surface area contributed by atoms with Gasteiger partial charge in [-0.2, -0.15) is 5.10 Å². The van der Waals surface area contributed by atoms with E-state index in [1.54, 1.807) is 13.8 Å². The van der Waals surface area contributed by atoms with E-state index >= 15 is 0 Å². The van der Waals surface area contributed by atoms with Crippen LogP contribution in [-0.4, -0.2) is 38.3 Å². The summed E-state index contributed by atoms with van der Waals surface area (Å²) in [5.41, 5.74) is 3.74. The van der Waals surface area contributed by atoms with E-state index in [0.717, 1.165) is 11.4 Å². The van der Waals surface area contributed by atoms with E-state index in [9.17, 15) is 13.2 Å². The number of aromatic nitrogens is 2. The second kappa shape index (κ2) is 7.53. The summed E-state index contributed by atoms with van der Waals surface area (Å²) in [6, 6.07) is 5.93. The van der Waals surface area contributed by atoms with Gasteiger partial charge in [0.15, 0.2) is 11.5 Å². The van der Waals surface area contributed by atoms with Gasteiger partial charge in [-0.3, -0.25) is 14.9 Å². The number of amides is 1. The van der Waals surface area contributed by atoms with Crippen LogP contribution in [0.15, 0.2) is 29.2 Å². The Balaban J connectivity index is 2.06. The van der Waals surface area contributed by atoms with E-state index in [2.05, 4.69) is 10.5 Å². The number of nitrogens with one attached hydrogen (secondary N) is 2. The fraction of sp³-hybridized carbons (Fsp3) is 0.333. The summed E-state index contributed by atoms with van der Waals surface area (Å²) < 4.78 is 36.2. The molecule has 2 rings (SSSR count). The Bertz CT molecular complexity index is 876. The largest absolute Gasteiger partial charge is 0.493 e. The third-order valence-corrected chi connectivity index (χ3v) is 4.63. The molecule has 10 heteroatoms. The maximum absolute atomic E-state index is 12.3. The van der Waals surface area contributed by atoms with Gasteiger partial charge in [0.05, 0.1) is 24.8 Å². The third-order valence-electron chi connectivity index (χ3n) is 3.39. The zero-order valence-electron chi connectivity index (χ0n) is 14.4. The topological polar surface area (TPSA) is 112 Å². The van der Waals surface area contributed by atoms with Crippen molar-refractivity contribution in [1.82, 2.24) is 20.0 Å². The second-order valence-corrected chi connectivity index (χ2v) is 6.94. The molecule has 0 saturated carbocycles. The smallest absolute Gasteiger partial charge is 0.257 e. The number of aryl methyl sites for hydroxylation is 2. The molecule has 1 aromatic carbocycles. The van der Waals surface area contributed by atoms with Gasteiger partial charge in [-0.05, 0) is 32.0 Å². The van der Waals surface area contributed by atoms with Crippen LogP contribution in [0.5, 0.6) is 11.5 Å². The SMILES string of the molecule is COc1ccc(S(=O)(=O)NNC(=O)Cn2nc(C)cc2C)cc1OC. The molecule has 136 valence electrons. The Kier molecular flexibility index (Phi) is 5.65. The monoisotopic (exact) mass is 368 g/mol. The van der Waals surface area contributed by atoms with Crippen molar-refractivity contribution in [2.45, 2.75) is 25.3 Å². The lowest BCUT2D eigenvalue weighted by atomic mass is 10.3. The van der Waals surface area contributed by atoms with Crippen LogP contribution in [0.25, 0.3) is 0 Å². The molecule has 0 unspecified atom stereocenters. The lowest BCUT2D eigenvalue weighted by Crippen LogP contribution is -2.43. The van der Waals surface area contributed by atoms with Gasteiger partial charge in [-0.1, -0.05) is 0 Å². The van der Waals surface area contributed by atoms with Gasteiger partial charge in [-0.25, -0.2) is 8.42 Å². The number of ether oxygens (including phenoxy) is 2. The summed E-state index contributed by atoms with van der Waals surface area (Å²) in [5.74, 6) is 0.115. The number of hydrogen-bond acceptors (Lipinski definition) is 6. The van der Waals surface area contributed by atoms with Crippen molar-refractivity contribution in [2.75, 3.05) is 14.2 Å². The molecule has 0 bridgehead atoms. The average Bonchev–Trinajstić information content (AvgIpc) is 2.89. The molecule has 0 aliphatic heterocycles. The standard InChI is InChI=1S/C15H20N4O5S/c1-10-7-11(2)19(17-10)9-15(20)16-18-25(21,22)12-5-6-13(23-3)14(8-12)24-4/h5-8,18H,9H2,1-4H3,(H,16,20). The Morgan fingerprint density at radius 1 is 1.16 bits per heavy atom. The molecule has 1 heterocycles. The molecule has 2 aromatic rings. The maximum atomic E-state index is 12.3. The van der Waals surface area contributed by atoms with Crippen molar-refractivity contribution in [1.29, 1.82) is 0 Å². The van der Waals surface area contributed by atoms with Gasteiger partial charge in [-0.15, -0.1) is 4.83 Å². The van der Waals surface area contributed by atoms with Crippen LogP contribution in [-0.2, 0) is 21.4 Å². The number of carbonyl (C=O) groups excluding carboxylic acids is 1. The molecule has 0 fully saturated rings. The van der Waals surface area contributed by atoms with E-state index < -0.39 is 15.9 Å². The first-order valence-corrected chi connectivity index (χ1v) is 8.79. The Morgan fingerprint density at radius 2 is 1.84 bits per heavy atom. The van der Waals surface area contributed by atoms with Crippen LogP contribution < -0.4 is 19.7 Å². The number of rotatable bonds is 7. The molecule has 1 amide bonds. The molecule has 2 N–H and O–H groups in total. The molecule has 1 aromatic heterocycles. The van der Waals surface area contributed by atoms with E-state index in [1.165, 1.54) is 37.1 Å². The number of benzene rings is 1. The van der Waals surface area contributed by atoms with E-state index in [0.29, 0.717) is 5.75 Å². The lowest BCUT2D eigenvalue weighted by molar-refractivity contribution is -0.122. The minimum Gasteiger partial charge on any atom is -0.493 e. The van der Waals surface area contributed by atoms with Crippen molar-refractivity contribution < 1.29 is 22.7 Å². The number of sulfonamides is 1. The zero-order chi connectivity index (χ0) is 18.6. The highest BCUT2D eigenvalue weighted by molar-refractivity contribution is 7.89. The van der Waals surface area contributed by atoms with Crippen LogP contribution in [0.3, 0.4) is 0 Å². The maximum Gasteiger partial charge on any atom is 0.257 e. The van der Waals surface area contributed by atoms with Gasteiger partial charge in [0, 0.05) is 11.8 Å². The van der Waals surface area contributed by atoms with Crippen LogP contribution in [0.1, 0.15) is 11.4 Å². The predicted molar refractivity (Wildman–Crippen MR) is 89.7 cm³/mol. The third kappa shape index (κ3) is 4.48. The van der Waals surface area contributed by atoms with Crippen molar-refractivity contribution in [3.05, 3.63) is 35.7 Å². The normalized spacial score (nSPS) is 11.2. The minimum absolute atomic E-state index is 0.0726. The first-order chi connectivity index (χ1) is 11.8. The molecule has 0 aliphatic carbocycles. The molecule has 0 radical (unpaired) electrons. The average molecular weight is 368 g/mol. The summed E-state index contributed by atoms with van der Waals surface area (Å²) in [4.78, 5) is 13.9.